The van der Waals surface area contributed by atoms with Gasteiger partial charge in [0, 0.05) is 25.6 Å². The molecule has 0 aliphatic carbocycles. The first-order valence-corrected chi connectivity index (χ1v) is 6.18. The maximum Gasteiger partial charge on any atom is 0.225 e. The standard InChI is InChI=1S/C12H23N3O2/c1-9(13)4-3-5-10(16)15-7-6-12(2,8-15)11(14)17/h9H,3-8,13H2,1-2H3,(H2,14,17). The van der Waals surface area contributed by atoms with Crippen molar-refractivity contribution in [3.05, 3.63) is 0 Å². The van der Waals surface area contributed by atoms with Gasteiger partial charge in [0.25, 0.3) is 0 Å². The van der Waals surface area contributed by atoms with E-state index < -0.39 is 5.41 Å². The molecule has 1 aliphatic rings. The summed E-state index contributed by atoms with van der Waals surface area (Å²) in [6.07, 6.45) is 2.84. The molecular formula is C12H23N3O2. The maximum absolute atomic E-state index is 11.9. The number of primary amides is 1. The monoisotopic (exact) mass is 241 g/mol. The molecule has 1 rings (SSSR count). The first-order chi connectivity index (χ1) is 7.85. The number of carbonyl (C=O) groups is 2. The molecular weight excluding hydrogens is 218 g/mol. The third kappa shape index (κ3) is 3.70. The predicted octanol–water partition coefficient (Wildman–Crippen LogP) is 0.228. The first kappa shape index (κ1) is 14.0. The number of likely N-dealkylation sites (tertiary alicyclic amines) is 1. The van der Waals surface area contributed by atoms with Crippen LogP contribution in [0, 0.1) is 5.41 Å². The molecule has 4 N–H and O–H groups in total. The summed E-state index contributed by atoms with van der Waals surface area (Å²) < 4.78 is 0. The molecule has 1 aliphatic heterocycles. The van der Waals surface area contributed by atoms with Gasteiger partial charge in [-0.2, -0.15) is 0 Å². The number of nitrogens with two attached hydrogens (primary N) is 2. The minimum Gasteiger partial charge on any atom is -0.369 e. The Morgan fingerprint density at radius 3 is 2.59 bits per heavy atom. The van der Waals surface area contributed by atoms with Gasteiger partial charge in [-0.1, -0.05) is 0 Å². The quantitative estimate of drug-likeness (QED) is 0.722. The zero-order valence-electron chi connectivity index (χ0n) is 10.7. The highest BCUT2D eigenvalue weighted by Gasteiger charge is 2.40. The molecule has 98 valence electrons. The van der Waals surface area contributed by atoms with E-state index in [1.807, 2.05) is 13.8 Å². The molecule has 2 unspecified atom stereocenters. The van der Waals surface area contributed by atoms with Gasteiger partial charge in [-0.05, 0) is 33.1 Å². The summed E-state index contributed by atoms with van der Waals surface area (Å²) in [5.74, 6) is -0.209. The van der Waals surface area contributed by atoms with Crippen LogP contribution in [0.25, 0.3) is 0 Å². The van der Waals surface area contributed by atoms with E-state index in [0.29, 0.717) is 25.9 Å². The number of carbonyl (C=O) groups excluding carboxylic acids is 2. The van der Waals surface area contributed by atoms with Crippen LogP contribution in [-0.2, 0) is 9.59 Å². The van der Waals surface area contributed by atoms with Gasteiger partial charge in [0.1, 0.15) is 0 Å². The third-order valence-corrected chi connectivity index (χ3v) is 3.47. The van der Waals surface area contributed by atoms with Gasteiger partial charge in [-0.3, -0.25) is 9.59 Å². The first-order valence-electron chi connectivity index (χ1n) is 6.18. The smallest absolute Gasteiger partial charge is 0.225 e. The minimum absolute atomic E-state index is 0.107. The normalized spacial score (nSPS) is 25.9. The summed E-state index contributed by atoms with van der Waals surface area (Å²) in [7, 11) is 0. The molecule has 17 heavy (non-hydrogen) atoms. The summed E-state index contributed by atoms with van der Waals surface area (Å²) in [5.41, 5.74) is 10.4. The average molecular weight is 241 g/mol. The SMILES string of the molecule is CC(N)CCCC(=O)N1CCC(C)(C(N)=O)C1. The molecule has 5 nitrogen and oxygen atoms in total. The van der Waals surface area contributed by atoms with Crippen molar-refractivity contribution < 1.29 is 9.59 Å². The van der Waals surface area contributed by atoms with E-state index in [0.717, 1.165) is 12.8 Å². The Kier molecular flexibility index (Phi) is 4.51. The van der Waals surface area contributed by atoms with E-state index in [-0.39, 0.29) is 17.9 Å². The van der Waals surface area contributed by atoms with E-state index in [2.05, 4.69) is 0 Å². The fourth-order valence-corrected chi connectivity index (χ4v) is 2.11. The van der Waals surface area contributed by atoms with E-state index >= 15 is 0 Å². The molecule has 0 aromatic carbocycles. The van der Waals surface area contributed by atoms with Gasteiger partial charge in [0.15, 0.2) is 0 Å². The van der Waals surface area contributed by atoms with Crippen molar-refractivity contribution in [2.75, 3.05) is 13.1 Å². The molecule has 0 radical (unpaired) electrons. The van der Waals surface area contributed by atoms with Crippen molar-refractivity contribution in [1.82, 2.24) is 4.90 Å². The van der Waals surface area contributed by atoms with Crippen LogP contribution in [0.3, 0.4) is 0 Å². The summed E-state index contributed by atoms with van der Waals surface area (Å²) in [4.78, 5) is 24.9. The van der Waals surface area contributed by atoms with Crippen LogP contribution in [0.1, 0.15) is 39.5 Å². The fraction of sp³-hybridized carbons (Fsp3) is 0.833. The molecule has 2 atom stereocenters. The van der Waals surface area contributed by atoms with Crippen LogP contribution in [0.4, 0.5) is 0 Å². The van der Waals surface area contributed by atoms with Gasteiger partial charge >= 0.3 is 0 Å². The fourth-order valence-electron chi connectivity index (χ4n) is 2.11. The third-order valence-electron chi connectivity index (χ3n) is 3.47. The van der Waals surface area contributed by atoms with Crippen molar-refractivity contribution in [3.8, 4) is 0 Å². The largest absolute Gasteiger partial charge is 0.369 e. The van der Waals surface area contributed by atoms with E-state index in [4.69, 9.17) is 11.5 Å². The van der Waals surface area contributed by atoms with Crippen molar-refractivity contribution in [2.24, 2.45) is 16.9 Å². The predicted molar refractivity (Wildman–Crippen MR) is 66.0 cm³/mol. The second-order valence-corrected chi connectivity index (χ2v) is 5.36. The van der Waals surface area contributed by atoms with Crippen LogP contribution in [-0.4, -0.2) is 35.8 Å². The number of rotatable bonds is 5. The number of hydrogen-bond donors (Lipinski definition) is 2. The number of hydrogen-bond acceptors (Lipinski definition) is 3. The Hall–Kier alpha value is -1.10. The van der Waals surface area contributed by atoms with Crippen molar-refractivity contribution in [3.63, 3.8) is 0 Å². The Balaban J connectivity index is 2.38. The molecule has 1 heterocycles. The summed E-state index contributed by atoms with van der Waals surface area (Å²) in [6, 6.07) is 0.136. The molecule has 0 saturated carbocycles. The van der Waals surface area contributed by atoms with E-state index in [1.54, 1.807) is 4.90 Å². The highest BCUT2D eigenvalue weighted by Crippen LogP contribution is 2.29. The Morgan fingerprint density at radius 1 is 1.47 bits per heavy atom. The van der Waals surface area contributed by atoms with E-state index in [1.165, 1.54) is 0 Å². The van der Waals surface area contributed by atoms with Crippen LogP contribution < -0.4 is 11.5 Å². The van der Waals surface area contributed by atoms with Gasteiger partial charge < -0.3 is 16.4 Å². The van der Waals surface area contributed by atoms with Gasteiger partial charge in [-0.15, -0.1) is 0 Å². The second kappa shape index (κ2) is 5.49. The van der Waals surface area contributed by atoms with Gasteiger partial charge in [-0.25, -0.2) is 0 Å². The maximum atomic E-state index is 11.9. The molecule has 1 fully saturated rings. The zero-order valence-corrected chi connectivity index (χ0v) is 10.7. The summed E-state index contributed by atoms with van der Waals surface area (Å²) >= 11 is 0. The van der Waals surface area contributed by atoms with Crippen molar-refractivity contribution in [1.29, 1.82) is 0 Å². The molecule has 0 spiro atoms. The minimum atomic E-state index is -0.545. The molecule has 5 heteroatoms. The Bertz CT molecular complexity index is 304. The molecule has 0 aromatic heterocycles. The van der Waals surface area contributed by atoms with Crippen molar-refractivity contribution >= 4 is 11.8 Å². The average Bonchev–Trinajstić information content (AvgIpc) is 2.62. The van der Waals surface area contributed by atoms with Crippen LogP contribution in [0.5, 0.6) is 0 Å². The highest BCUT2D eigenvalue weighted by molar-refractivity contribution is 5.83. The lowest BCUT2D eigenvalue weighted by molar-refractivity contribution is -0.131. The lowest BCUT2D eigenvalue weighted by Gasteiger charge is -2.21. The Morgan fingerprint density at radius 2 is 2.12 bits per heavy atom. The molecule has 2 amide bonds. The van der Waals surface area contributed by atoms with Crippen LogP contribution >= 0.6 is 0 Å². The molecule has 0 aromatic rings. The van der Waals surface area contributed by atoms with Crippen molar-refractivity contribution in [2.45, 2.75) is 45.6 Å². The van der Waals surface area contributed by atoms with Gasteiger partial charge in [0.2, 0.25) is 11.8 Å². The summed E-state index contributed by atoms with van der Waals surface area (Å²) in [5, 5.41) is 0. The topological polar surface area (TPSA) is 89.4 Å². The molecule has 1 saturated heterocycles. The van der Waals surface area contributed by atoms with Gasteiger partial charge in [0.05, 0.1) is 5.41 Å². The lowest BCUT2D eigenvalue weighted by atomic mass is 9.89. The second-order valence-electron chi connectivity index (χ2n) is 5.36. The zero-order chi connectivity index (χ0) is 13.1. The number of amides is 2. The van der Waals surface area contributed by atoms with Crippen LogP contribution in [0.2, 0.25) is 0 Å². The lowest BCUT2D eigenvalue weighted by Crippen LogP contribution is -2.38. The Labute approximate surface area is 103 Å². The highest BCUT2D eigenvalue weighted by atomic mass is 16.2. The molecule has 0 bridgehead atoms. The number of nitrogens with zero attached hydrogens (tertiary/aromatic N) is 1. The van der Waals surface area contributed by atoms with Crippen LogP contribution in [0.15, 0.2) is 0 Å². The summed E-state index contributed by atoms with van der Waals surface area (Å²) in [6.45, 7) is 4.85. The van der Waals surface area contributed by atoms with E-state index in [9.17, 15) is 9.59 Å².